The van der Waals surface area contributed by atoms with Crippen molar-refractivity contribution in [3.8, 4) is 6.07 Å². The van der Waals surface area contributed by atoms with Crippen LogP contribution < -0.4 is 5.32 Å². The fourth-order valence-electron chi connectivity index (χ4n) is 2.72. The molecule has 1 amide bonds. The molecule has 0 bridgehead atoms. The third-order valence-corrected chi connectivity index (χ3v) is 3.75. The summed E-state index contributed by atoms with van der Waals surface area (Å²) in [6, 6.07) is 4.32. The van der Waals surface area contributed by atoms with Crippen LogP contribution >= 0.6 is 0 Å². The third-order valence-electron chi connectivity index (χ3n) is 3.75. The van der Waals surface area contributed by atoms with Gasteiger partial charge in [-0.2, -0.15) is 10.4 Å². The van der Waals surface area contributed by atoms with Gasteiger partial charge in [-0.05, 0) is 38.3 Å². The number of aryl methyl sites for hydroxylation is 1. The molecule has 21 heavy (non-hydrogen) atoms. The smallest absolute Gasteiger partial charge is 0.262 e. The number of hydrogen-bond acceptors (Lipinski definition) is 3. The summed E-state index contributed by atoms with van der Waals surface area (Å²) in [5.74, 6) is -0.309. The zero-order chi connectivity index (χ0) is 15.2. The molecule has 1 N–H and O–H groups in total. The van der Waals surface area contributed by atoms with Gasteiger partial charge in [0.05, 0.1) is 17.4 Å². The van der Waals surface area contributed by atoms with Crippen molar-refractivity contribution in [1.82, 2.24) is 15.1 Å². The van der Waals surface area contributed by atoms with Crippen LogP contribution in [0.3, 0.4) is 0 Å². The molecule has 1 fully saturated rings. The molecule has 5 heteroatoms. The molecule has 0 spiro atoms. The van der Waals surface area contributed by atoms with Gasteiger partial charge in [0.25, 0.3) is 5.91 Å². The molecule has 1 aliphatic carbocycles. The van der Waals surface area contributed by atoms with Crippen LogP contribution in [-0.2, 0) is 4.79 Å². The lowest BCUT2D eigenvalue weighted by atomic mass is 10.2. The Balaban J connectivity index is 2.25. The van der Waals surface area contributed by atoms with E-state index in [1.807, 2.05) is 30.7 Å². The minimum Gasteiger partial charge on any atom is -0.351 e. The maximum atomic E-state index is 11.9. The first kappa shape index (κ1) is 15.3. The lowest BCUT2D eigenvalue weighted by molar-refractivity contribution is -0.117. The van der Waals surface area contributed by atoms with E-state index in [0.29, 0.717) is 12.6 Å². The van der Waals surface area contributed by atoms with Crippen molar-refractivity contribution in [2.75, 3.05) is 6.54 Å². The molecule has 1 aliphatic rings. The summed E-state index contributed by atoms with van der Waals surface area (Å²) >= 11 is 0. The van der Waals surface area contributed by atoms with Crippen molar-refractivity contribution in [2.45, 2.75) is 52.0 Å². The number of nitrogens with zero attached hydrogens (tertiary/aromatic N) is 3. The van der Waals surface area contributed by atoms with Gasteiger partial charge < -0.3 is 5.32 Å². The Morgan fingerprint density at radius 1 is 1.57 bits per heavy atom. The van der Waals surface area contributed by atoms with E-state index in [-0.39, 0.29) is 11.5 Å². The Hall–Kier alpha value is -2.09. The van der Waals surface area contributed by atoms with Crippen LogP contribution in [0.1, 0.15) is 56.5 Å². The standard InChI is InChI=1S/C16H22N4O/c1-3-8-18-16(21)13(11-17)10-15-9-12(2)19-20(15)14-6-4-5-7-14/h9-10,14H,3-8H2,1-2H3,(H,18,21)/b13-10+. The number of carbonyl (C=O) groups is 1. The topological polar surface area (TPSA) is 70.7 Å². The minimum absolute atomic E-state index is 0.141. The second-order valence-corrected chi connectivity index (χ2v) is 5.52. The molecule has 0 aromatic carbocycles. The van der Waals surface area contributed by atoms with E-state index in [2.05, 4.69) is 10.4 Å². The number of carbonyl (C=O) groups excluding carboxylic acids is 1. The molecular weight excluding hydrogens is 264 g/mol. The predicted molar refractivity (Wildman–Crippen MR) is 81.4 cm³/mol. The van der Waals surface area contributed by atoms with Crippen molar-refractivity contribution in [3.63, 3.8) is 0 Å². The summed E-state index contributed by atoms with van der Waals surface area (Å²) in [5.41, 5.74) is 1.91. The highest BCUT2D eigenvalue weighted by atomic mass is 16.1. The van der Waals surface area contributed by atoms with E-state index in [1.165, 1.54) is 12.8 Å². The number of nitriles is 1. The summed E-state index contributed by atoms with van der Waals surface area (Å²) in [4.78, 5) is 11.9. The van der Waals surface area contributed by atoms with E-state index in [9.17, 15) is 10.1 Å². The van der Waals surface area contributed by atoms with Crippen LogP contribution in [0, 0.1) is 18.3 Å². The summed E-state index contributed by atoms with van der Waals surface area (Å²) < 4.78 is 1.98. The molecule has 1 aromatic heterocycles. The Morgan fingerprint density at radius 3 is 2.90 bits per heavy atom. The summed E-state index contributed by atoms with van der Waals surface area (Å²) in [7, 11) is 0. The lowest BCUT2D eigenvalue weighted by Gasteiger charge is -2.12. The number of nitrogens with one attached hydrogen (secondary N) is 1. The average molecular weight is 286 g/mol. The van der Waals surface area contributed by atoms with E-state index in [0.717, 1.165) is 30.7 Å². The molecular formula is C16H22N4O. The van der Waals surface area contributed by atoms with Gasteiger partial charge in [0.1, 0.15) is 11.6 Å². The SMILES string of the molecule is CCCNC(=O)/C(C#N)=C/c1cc(C)nn1C1CCCC1. The van der Waals surface area contributed by atoms with Crippen LogP contribution in [0.4, 0.5) is 0 Å². The minimum atomic E-state index is -0.309. The number of rotatable bonds is 5. The van der Waals surface area contributed by atoms with Gasteiger partial charge in [-0.3, -0.25) is 9.48 Å². The molecule has 1 heterocycles. The van der Waals surface area contributed by atoms with Crippen LogP contribution in [0.15, 0.2) is 11.6 Å². The van der Waals surface area contributed by atoms with Crippen molar-refractivity contribution in [2.24, 2.45) is 0 Å². The quantitative estimate of drug-likeness (QED) is 0.668. The van der Waals surface area contributed by atoms with Crippen LogP contribution in [-0.4, -0.2) is 22.2 Å². The van der Waals surface area contributed by atoms with Crippen LogP contribution in [0.5, 0.6) is 0 Å². The van der Waals surface area contributed by atoms with Gasteiger partial charge in [-0.25, -0.2) is 0 Å². The monoisotopic (exact) mass is 286 g/mol. The molecule has 0 saturated heterocycles. The van der Waals surface area contributed by atoms with E-state index < -0.39 is 0 Å². The fourth-order valence-corrected chi connectivity index (χ4v) is 2.72. The van der Waals surface area contributed by atoms with Crippen molar-refractivity contribution < 1.29 is 4.79 Å². The number of aromatic nitrogens is 2. The van der Waals surface area contributed by atoms with E-state index in [4.69, 9.17) is 0 Å². The van der Waals surface area contributed by atoms with Crippen molar-refractivity contribution >= 4 is 12.0 Å². The van der Waals surface area contributed by atoms with Gasteiger partial charge >= 0.3 is 0 Å². The molecule has 2 rings (SSSR count). The highest BCUT2D eigenvalue weighted by molar-refractivity contribution is 6.01. The second-order valence-electron chi connectivity index (χ2n) is 5.52. The lowest BCUT2D eigenvalue weighted by Crippen LogP contribution is -2.25. The normalized spacial score (nSPS) is 16.0. The first-order valence-electron chi connectivity index (χ1n) is 7.62. The summed E-state index contributed by atoms with van der Waals surface area (Å²) in [6.07, 6.45) is 7.17. The maximum Gasteiger partial charge on any atom is 0.262 e. The van der Waals surface area contributed by atoms with Gasteiger partial charge in [-0.1, -0.05) is 19.8 Å². The second kappa shape index (κ2) is 7.07. The Kier molecular flexibility index (Phi) is 5.15. The first-order valence-corrected chi connectivity index (χ1v) is 7.62. The summed E-state index contributed by atoms with van der Waals surface area (Å²) in [6.45, 7) is 4.50. The molecule has 0 aliphatic heterocycles. The average Bonchev–Trinajstić information content (AvgIpc) is 3.11. The zero-order valence-corrected chi connectivity index (χ0v) is 12.7. The maximum absolute atomic E-state index is 11.9. The number of hydrogen-bond donors (Lipinski definition) is 1. The zero-order valence-electron chi connectivity index (χ0n) is 12.7. The van der Waals surface area contributed by atoms with Gasteiger partial charge in [0.15, 0.2) is 0 Å². The predicted octanol–water partition coefficient (Wildman–Crippen LogP) is 2.74. The highest BCUT2D eigenvalue weighted by Gasteiger charge is 2.20. The van der Waals surface area contributed by atoms with Gasteiger partial charge in [0.2, 0.25) is 0 Å². The van der Waals surface area contributed by atoms with Crippen LogP contribution in [0.2, 0.25) is 0 Å². The van der Waals surface area contributed by atoms with E-state index >= 15 is 0 Å². The molecule has 0 unspecified atom stereocenters. The highest BCUT2D eigenvalue weighted by Crippen LogP contribution is 2.30. The molecule has 0 radical (unpaired) electrons. The molecule has 1 aromatic rings. The molecule has 0 atom stereocenters. The van der Waals surface area contributed by atoms with Crippen molar-refractivity contribution in [3.05, 3.63) is 23.0 Å². The van der Waals surface area contributed by atoms with Crippen LogP contribution in [0.25, 0.3) is 6.08 Å². The molecule has 112 valence electrons. The fraction of sp³-hybridized carbons (Fsp3) is 0.562. The largest absolute Gasteiger partial charge is 0.351 e. The summed E-state index contributed by atoms with van der Waals surface area (Å²) in [5, 5.41) is 16.5. The third kappa shape index (κ3) is 3.72. The Morgan fingerprint density at radius 2 is 2.29 bits per heavy atom. The van der Waals surface area contributed by atoms with Gasteiger partial charge in [0, 0.05) is 6.54 Å². The molecule has 5 nitrogen and oxygen atoms in total. The molecule has 1 saturated carbocycles. The van der Waals surface area contributed by atoms with Crippen molar-refractivity contribution in [1.29, 1.82) is 5.26 Å². The Bertz CT molecular complexity index is 574. The Labute approximate surface area is 125 Å². The first-order chi connectivity index (χ1) is 10.2. The van der Waals surface area contributed by atoms with Gasteiger partial charge in [-0.15, -0.1) is 0 Å². The number of amides is 1. The van der Waals surface area contributed by atoms with E-state index in [1.54, 1.807) is 6.08 Å².